The molecule has 1 N–H and O–H groups in total. The summed E-state index contributed by atoms with van der Waals surface area (Å²) in [6.07, 6.45) is 1.56. The lowest BCUT2D eigenvalue weighted by Crippen LogP contribution is -2.31. The van der Waals surface area contributed by atoms with Gasteiger partial charge in [0, 0.05) is 49.2 Å². The van der Waals surface area contributed by atoms with Gasteiger partial charge in [0.25, 0.3) is 5.91 Å². The number of fused-ring (bicyclic) bond motifs is 1. The number of hydrogen-bond donors (Lipinski definition) is 1. The first-order valence-electron chi connectivity index (χ1n) is 13.3. The third-order valence-electron chi connectivity index (χ3n) is 6.87. The first kappa shape index (κ1) is 27.7. The molecule has 0 spiro atoms. The third kappa shape index (κ3) is 5.57. The van der Waals surface area contributed by atoms with Gasteiger partial charge in [-0.15, -0.1) is 21.5 Å². The Kier molecular flexibility index (Phi) is 7.38. The largest absolute Gasteiger partial charge is 0.436 e. The van der Waals surface area contributed by atoms with Crippen molar-refractivity contribution in [1.29, 1.82) is 0 Å². The van der Waals surface area contributed by atoms with E-state index >= 15 is 0 Å². The SMILES string of the molecule is CC(=O)Nc1ccc2oc(-c3ccnc(C(=O)N(C)c4cscc4N(C)C(c4ccccc4)c4nnn(C)n4)c3)nc2c1. The van der Waals surface area contributed by atoms with E-state index in [2.05, 4.69) is 30.7 Å². The molecule has 0 aliphatic carbocycles. The Morgan fingerprint density at radius 3 is 2.56 bits per heavy atom. The van der Waals surface area contributed by atoms with Crippen molar-refractivity contribution in [3.8, 4) is 11.5 Å². The molecule has 4 aromatic heterocycles. The fourth-order valence-electron chi connectivity index (χ4n) is 4.82. The van der Waals surface area contributed by atoms with Gasteiger partial charge in [-0.25, -0.2) is 4.98 Å². The average molecular weight is 594 g/mol. The molecule has 0 fully saturated rings. The van der Waals surface area contributed by atoms with E-state index < -0.39 is 0 Å². The number of rotatable bonds is 8. The van der Waals surface area contributed by atoms with Crippen LogP contribution < -0.4 is 15.1 Å². The minimum atomic E-state index is -0.335. The average Bonchev–Trinajstić information content (AvgIpc) is 3.76. The molecule has 2 amide bonds. The number of nitrogens with one attached hydrogen (secondary N) is 1. The minimum absolute atomic E-state index is 0.176. The van der Waals surface area contributed by atoms with Crippen LogP contribution in [-0.2, 0) is 11.8 Å². The smallest absolute Gasteiger partial charge is 0.276 e. The fraction of sp³-hybridized carbons (Fsp3) is 0.167. The van der Waals surface area contributed by atoms with Gasteiger partial charge in [-0.05, 0) is 41.1 Å². The van der Waals surface area contributed by atoms with E-state index in [1.165, 1.54) is 23.1 Å². The van der Waals surface area contributed by atoms with Crippen molar-refractivity contribution in [2.75, 3.05) is 29.2 Å². The summed E-state index contributed by atoms with van der Waals surface area (Å²) in [4.78, 5) is 39.2. The van der Waals surface area contributed by atoms with Crippen molar-refractivity contribution in [1.82, 2.24) is 30.2 Å². The van der Waals surface area contributed by atoms with Gasteiger partial charge in [0.1, 0.15) is 17.3 Å². The standard InChI is InChI=1S/C30H27N9O3S/c1-18(40)32-21-10-11-26-22(15-21)33-29(42-26)20-12-13-31-23(14-20)30(41)38(3)25-17-43-16-24(25)37(2)27(19-8-6-5-7-9-19)28-34-36-39(4)35-28/h5-17,27H,1-4H3,(H,32,40). The maximum absolute atomic E-state index is 13.8. The molecular formula is C30H27N9O3S. The molecule has 216 valence electrons. The number of benzene rings is 2. The summed E-state index contributed by atoms with van der Waals surface area (Å²) in [6.45, 7) is 1.44. The van der Waals surface area contributed by atoms with Crippen LogP contribution in [0.5, 0.6) is 0 Å². The van der Waals surface area contributed by atoms with Crippen molar-refractivity contribution in [3.05, 3.63) is 94.7 Å². The predicted octanol–water partition coefficient (Wildman–Crippen LogP) is 4.94. The molecule has 0 saturated heterocycles. The molecule has 0 radical (unpaired) electrons. The molecule has 0 aliphatic heterocycles. The van der Waals surface area contributed by atoms with E-state index in [-0.39, 0.29) is 23.6 Å². The Hall–Kier alpha value is -5.43. The van der Waals surface area contributed by atoms with Crippen molar-refractivity contribution < 1.29 is 14.0 Å². The van der Waals surface area contributed by atoms with E-state index in [1.807, 2.05) is 53.0 Å². The van der Waals surface area contributed by atoms with E-state index in [1.54, 1.807) is 55.5 Å². The molecule has 4 heterocycles. The Morgan fingerprint density at radius 1 is 1.02 bits per heavy atom. The number of carbonyl (C=O) groups is 2. The second-order valence-corrected chi connectivity index (χ2v) is 10.6. The van der Waals surface area contributed by atoms with Crippen LogP contribution in [0.25, 0.3) is 22.6 Å². The van der Waals surface area contributed by atoms with E-state index in [9.17, 15) is 9.59 Å². The number of oxazole rings is 1. The number of nitrogens with zero attached hydrogens (tertiary/aromatic N) is 8. The van der Waals surface area contributed by atoms with Crippen LogP contribution in [0.3, 0.4) is 0 Å². The van der Waals surface area contributed by atoms with Crippen molar-refractivity contribution >= 4 is 51.3 Å². The molecule has 43 heavy (non-hydrogen) atoms. The summed E-state index contributed by atoms with van der Waals surface area (Å²) in [5.41, 5.74) is 5.12. The van der Waals surface area contributed by atoms with Crippen LogP contribution in [0.2, 0.25) is 0 Å². The van der Waals surface area contributed by atoms with Crippen LogP contribution in [0, 0.1) is 0 Å². The van der Waals surface area contributed by atoms with Crippen molar-refractivity contribution in [2.24, 2.45) is 7.05 Å². The number of aromatic nitrogens is 6. The van der Waals surface area contributed by atoms with Gasteiger partial charge >= 0.3 is 0 Å². The number of pyridine rings is 1. The van der Waals surface area contributed by atoms with Crippen LogP contribution in [0.15, 0.2) is 82.0 Å². The van der Waals surface area contributed by atoms with Gasteiger partial charge in [0.2, 0.25) is 17.6 Å². The van der Waals surface area contributed by atoms with Gasteiger partial charge < -0.3 is 19.5 Å². The number of hydrogen-bond acceptors (Lipinski definition) is 10. The maximum Gasteiger partial charge on any atom is 0.276 e. The van der Waals surface area contributed by atoms with E-state index in [4.69, 9.17) is 4.42 Å². The van der Waals surface area contributed by atoms with Crippen molar-refractivity contribution in [2.45, 2.75) is 13.0 Å². The summed E-state index contributed by atoms with van der Waals surface area (Å²) < 4.78 is 5.94. The lowest BCUT2D eigenvalue weighted by Gasteiger charge is -2.30. The molecule has 1 unspecified atom stereocenters. The summed E-state index contributed by atoms with van der Waals surface area (Å²) >= 11 is 1.49. The summed E-state index contributed by atoms with van der Waals surface area (Å²) in [5, 5.41) is 19.5. The first-order chi connectivity index (χ1) is 20.8. The Balaban J connectivity index is 1.29. The predicted molar refractivity (Wildman–Crippen MR) is 164 cm³/mol. The zero-order chi connectivity index (χ0) is 30.1. The lowest BCUT2D eigenvalue weighted by molar-refractivity contribution is -0.114. The number of tetrazole rings is 1. The molecule has 6 aromatic rings. The normalized spacial score (nSPS) is 11.8. The van der Waals surface area contributed by atoms with Crippen molar-refractivity contribution in [3.63, 3.8) is 0 Å². The summed E-state index contributed by atoms with van der Waals surface area (Å²) in [6, 6.07) is 18.2. The number of anilines is 3. The summed E-state index contributed by atoms with van der Waals surface area (Å²) in [5.74, 6) is 0.407. The molecule has 0 bridgehead atoms. The molecule has 6 rings (SSSR count). The van der Waals surface area contributed by atoms with Crippen LogP contribution in [-0.4, -0.2) is 56.1 Å². The van der Waals surface area contributed by atoms with Gasteiger partial charge in [-0.3, -0.25) is 14.6 Å². The molecule has 2 aromatic carbocycles. The van der Waals surface area contributed by atoms with Gasteiger partial charge in [0.15, 0.2) is 5.58 Å². The second-order valence-electron chi connectivity index (χ2n) is 9.88. The second kappa shape index (κ2) is 11.4. The fourth-order valence-corrected chi connectivity index (χ4v) is 5.71. The summed E-state index contributed by atoms with van der Waals surface area (Å²) in [7, 11) is 5.39. The quantitative estimate of drug-likeness (QED) is 0.260. The third-order valence-corrected chi connectivity index (χ3v) is 7.59. The number of thiophene rings is 1. The number of carbonyl (C=O) groups excluding carboxylic acids is 2. The molecule has 13 heteroatoms. The minimum Gasteiger partial charge on any atom is -0.436 e. The zero-order valence-electron chi connectivity index (χ0n) is 23.8. The molecule has 12 nitrogen and oxygen atoms in total. The van der Waals surface area contributed by atoms with Crippen LogP contribution >= 0.6 is 11.3 Å². The van der Waals surface area contributed by atoms with Crippen LogP contribution in [0.4, 0.5) is 17.1 Å². The number of aryl methyl sites for hydroxylation is 1. The van der Waals surface area contributed by atoms with Gasteiger partial charge in [-0.1, -0.05) is 30.3 Å². The highest BCUT2D eigenvalue weighted by molar-refractivity contribution is 7.09. The maximum atomic E-state index is 13.8. The number of amides is 2. The topological polar surface area (TPSA) is 135 Å². The van der Waals surface area contributed by atoms with E-state index in [0.717, 1.165) is 11.3 Å². The molecular weight excluding hydrogens is 566 g/mol. The monoisotopic (exact) mass is 593 g/mol. The zero-order valence-corrected chi connectivity index (χ0v) is 24.6. The highest BCUT2D eigenvalue weighted by Crippen LogP contribution is 2.39. The molecule has 0 aliphatic rings. The molecule has 1 atom stereocenters. The van der Waals surface area contributed by atoms with Gasteiger partial charge in [-0.2, -0.15) is 4.80 Å². The Labute approximate surface area is 250 Å². The molecule has 0 saturated carbocycles. The highest BCUT2D eigenvalue weighted by atomic mass is 32.1. The lowest BCUT2D eigenvalue weighted by atomic mass is 10.0. The first-order valence-corrected chi connectivity index (χ1v) is 14.2. The van der Waals surface area contributed by atoms with Gasteiger partial charge in [0.05, 0.1) is 18.4 Å². The highest BCUT2D eigenvalue weighted by Gasteiger charge is 2.28. The van der Waals surface area contributed by atoms with Crippen LogP contribution in [0.1, 0.15) is 34.8 Å². The Bertz CT molecular complexity index is 1930. The Morgan fingerprint density at radius 2 is 1.81 bits per heavy atom. The van der Waals surface area contributed by atoms with E-state index in [0.29, 0.717) is 39.8 Å².